The quantitative estimate of drug-likeness (QED) is 0.175. The number of nitrogens with zero attached hydrogens (tertiary/aromatic N) is 3. The summed E-state index contributed by atoms with van der Waals surface area (Å²) in [6.07, 6.45) is 4.09. The van der Waals surface area contributed by atoms with Crippen LogP contribution >= 0.6 is 0 Å². The molecule has 0 atom stereocenters. The van der Waals surface area contributed by atoms with E-state index in [1.165, 1.54) is 0 Å². The van der Waals surface area contributed by atoms with E-state index in [1.54, 1.807) is 0 Å². The molecule has 10 heteroatoms. The van der Waals surface area contributed by atoms with Crippen molar-refractivity contribution in [2.75, 3.05) is 0 Å². The Balaban J connectivity index is 4.17. The molecular formula is C10H17N3O7. The monoisotopic (exact) mass is 291 g/mol. The summed E-state index contributed by atoms with van der Waals surface area (Å²) in [5, 5.41) is 31.9. The molecule has 0 N–H and O–H groups in total. The van der Waals surface area contributed by atoms with Gasteiger partial charge in [0.1, 0.15) is 6.29 Å². The van der Waals surface area contributed by atoms with Gasteiger partial charge in [0.05, 0.1) is 0 Å². The molecule has 0 saturated carbocycles. The van der Waals surface area contributed by atoms with Crippen molar-refractivity contribution in [3.8, 4) is 0 Å². The Hall–Kier alpha value is -2.13. The van der Waals surface area contributed by atoms with Gasteiger partial charge in [-0.3, -0.25) is 30.3 Å². The van der Waals surface area contributed by atoms with Crippen LogP contribution in [0.15, 0.2) is 0 Å². The number of hydrogen-bond acceptors (Lipinski definition) is 7. The maximum absolute atomic E-state index is 10.6. The Morgan fingerprint density at radius 1 is 0.750 bits per heavy atom. The van der Waals surface area contributed by atoms with Gasteiger partial charge in [0.25, 0.3) is 0 Å². The van der Waals surface area contributed by atoms with Crippen LogP contribution in [0.5, 0.6) is 0 Å². The summed E-state index contributed by atoms with van der Waals surface area (Å²) in [6.45, 7) is 0. The van der Waals surface area contributed by atoms with Crippen molar-refractivity contribution in [3.63, 3.8) is 0 Å². The van der Waals surface area contributed by atoms with Gasteiger partial charge < -0.3 is 4.79 Å². The van der Waals surface area contributed by atoms with E-state index >= 15 is 0 Å². The molecule has 0 aliphatic heterocycles. The molecule has 10 nitrogen and oxygen atoms in total. The van der Waals surface area contributed by atoms with Gasteiger partial charge in [-0.15, -0.1) is 0 Å². The van der Waals surface area contributed by atoms with Crippen molar-refractivity contribution in [2.24, 2.45) is 0 Å². The highest BCUT2D eigenvalue weighted by Gasteiger charge is 2.69. The van der Waals surface area contributed by atoms with E-state index in [2.05, 4.69) is 0 Å². The van der Waals surface area contributed by atoms with E-state index in [9.17, 15) is 35.1 Å². The molecule has 20 heavy (non-hydrogen) atoms. The van der Waals surface area contributed by atoms with Gasteiger partial charge in [0.2, 0.25) is 0 Å². The second-order valence-electron chi connectivity index (χ2n) is 4.37. The third-order valence-corrected chi connectivity index (χ3v) is 2.96. The molecule has 0 spiro atoms. The molecule has 0 radical (unpaired) electrons. The maximum atomic E-state index is 10.6. The molecule has 0 aromatic heterocycles. The first kappa shape index (κ1) is 17.9. The Kier molecular flexibility index (Phi) is 7.94. The number of nitro groups is 3. The molecule has 0 aromatic carbocycles. The minimum absolute atomic E-state index is 0.0383. The molecule has 0 rings (SSSR count). The Labute approximate surface area is 114 Å². The summed E-state index contributed by atoms with van der Waals surface area (Å²) >= 11 is 0. The number of hydrogen-bond donors (Lipinski definition) is 0. The lowest BCUT2D eigenvalue weighted by molar-refractivity contribution is -0.970. The second-order valence-corrected chi connectivity index (χ2v) is 4.37. The topological polar surface area (TPSA) is 146 Å². The molecule has 0 amide bonds. The highest BCUT2D eigenvalue weighted by Crippen LogP contribution is 2.21. The zero-order valence-corrected chi connectivity index (χ0v) is 10.9. The summed E-state index contributed by atoms with van der Waals surface area (Å²) in [5.74, 6) is -3.34. The van der Waals surface area contributed by atoms with Crippen LogP contribution in [0.4, 0.5) is 0 Å². The molecule has 0 saturated heterocycles. The highest BCUT2D eigenvalue weighted by atomic mass is 16.7. The summed E-state index contributed by atoms with van der Waals surface area (Å²) in [7, 11) is 0. The molecule has 0 heterocycles. The zero-order chi connectivity index (χ0) is 15.6. The number of rotatable bonds is 12. The Morgan fingerprint density at radius 2 is 1.15 bits per heavy atom. The standard InChI is InChI=1S/C10H17N3O7/c14-9-7-5-3-1-2-4-6-8-10(11(15)16,12(17)18)13(19)20/h9H,1-8H2. The largest absolute Gasteiger partial charge is 0.699 e. The van der Waals surface area contributed by atoms with Gasteiger partial charge in [0, 0.05) is 6.42 Å². The molecular weight excluding hydrogens is 274 g/mol. The first-order valence-corrected chi connectivity index (χ1v) is 6.26. The van der Waals surface area contributed by atoms with E-state index < -0.39 is 27.0 Å². The Morgan fingerprint density at radius 3 is 1.55 bits per heavy atom. The molecule has 0 bridgehead atoms. The van der Waals surface area contributed by atoms with Crippen molar-refractivity contribution < 1.29 is 19.6 Å². The fourth-order valence-electron chi connectivity index (χ4n) is 1.77. The summed E-state index contributed by atoms with van der Waals surface area (Å²) < 4.78 is 0. The van der Waals surface area contributed by atoms with Crippen LogP contribution in [-0.4, -0.2) is 26.8 Å². The lowest BCUT2D eigenvalue weighted by Gasteiger charge is -2.08. The third kappa shape index (κ3) is 4.86. The molecule has 0 aromatic rings. The SMILES string of the molecule is O=CCCCCCCCCC([N+](=O)[O-])([N+](=O)[O-])[N+](=O)[O-]. The zero-order valence-electron chi connectivity index (χ0n) is 10.9. The van der Waals surface area contributed by atoms with Gasteiger partial charge in [0.15, 0.2) is 21.2 Å². The maximum Gasteiger partial charge on any atom is 0.699 e. The highest BCUT2D eigenvalue weighted by molar-refractivity contribution is 5.48. The van der Waals surface area contributed by atoms with E-state index in [-0.39, 0.29) is 6.42 Å². The van der Waals surface area contributed by atoms with Crippen LogP contribution in [-0.2, 0) is 4.79 Å². The summed E-state index contributed by atoms with van der Waals surface area (Å²) in [4.78, 5) is 37.6. The van der Waals surface area contributed by atoms with E-state index in [1.807, 2.05) is 0 Å². The van der Waals surface area contributed by atoms with Crippen LogP contribution in [0.3, 0.4) is 0 Å². The number of carbonyl (C=O) groups excluding carboxylic acids is 1. The molecule has 0 aliphatic rings. The van der Waals surface area contributed by atoms with Crippen LogP contribution in [0, 0.1) is 30.3 Å². The van der Waals surface area contributed by atoms with Crippen LogP contribution in [0.2, 0.25) is 0 Å². The summed E-state index contributed by atoms with van der Waals surface area (Å²) in [6, 6.07) is 0. The fraction of sp³-hybridized carbons (Fsp3) is 0.900. The van der Waals surface area contributed by atoms with Gasteiger partial charge in [-0.05, 0) is 12.8 Å². The minimum atomic E-state index is -3.34. The normalized spacial score (nSPS) is 11.0. The van der Waals surface area contributed by atoms with Crippen molar-refractivity contribution in [1.29, 1.82) is 0 Å². The number of aldehydes is 1. The second kappa shape index (κ2) is 8.88. The molecule has 114 valence electrons. The van der Waals surface area contributed by atoms with E-state index in [4.69, 9.17) is 0 Å². The molecule has 0 fully saturated rings. The number of unbranched alkanes of at least 4 members (excludes halogenated alkanes) is 6. The van der Waals surface area contributed by atoms with Gasteiger partial charge in [-0.1, -0.05) is 25.7 Å². The smallest absolute Gasteiger partial charge is 0.303 e. The van der Waals surface area contributed by atoms with Gasteiger partial charge in [-0.2, -0.15) is 0 Å². The van der Waals surface area contributed by atoms with E-state index in [0.717, 1.165) is 25.5 Å². The molecule has 0 unspecified atom stereocenters. The average molecular weight is 291 g/mol. The lowest BCUT2D eigenvalue weighted by Crippen LogP contribution is -2.53. The summed E-state index contributed by atoms with van der Waals surface area (Å²) in [5.41, 5.74) is 0. The third-order valence-electron chi connectivity index (χ3n) is 2.96. The van der Waals surface area contributed by atoms with Crippen molar-refractivity contribution in [1.82, 2.24) is 0 Å². The fourth-order valence-corrected chi connectivity index (χ4v) is 1.77. The lowest BCUT2D eigenvalue weighted by atomic mass is 10.1. The first-order chi connectivity index (χ1) is 9.39. The molecule has 0 aliphatic carbocycles. The van der Waals surface area contributed by atoms with Crippen molar-refractivity contribution in [3.05, 3.63) is 30.3 Å². The van der Waals surface area contributed by atoms with Crippen LogP contribution in [0.25, 0.3) is 0 Å². The Bertz CT molecular complexity index is 336. The van der Waals surface area contributed by atoms with Crippen molar-refractivity contribution >= 4 is 6.29 Å². The van der Waals surface area contributed by atoms with Gasteiger partial charge in [-0.25, -0.2) is 0 Å². The predicted octanol–water partition coefficient (Wildman–Crippen LogP) is 1.79. The van der Waals surface area contributed by atoms with Crippen molar-refractivity contribution in [2.45, 2.75) is 57.2 Å². The first-order valence-electron chi connectivity index (χ1n) is 6.26. The predicted molar refractivity (Wildman–Crippen MR) is 66.7 cm³/mol. The van der Waals surface area contributed by atoms with E-state index in [0.29, 0.717) is 19.3 Å². The van der Waals surface area contributed by atoms with Gasteiger partial charge >= 0.3 is 5.79 Å². The average Bonchev–Trinajstić information content (AvgIpc) is 2.35. The minimum Gasteiger partial charge on any atom is -0.303 e. The van der Waals surface area contributed by atoms with Crippen LogP contribution in [0.1, 0.15) is 51.4 Å². The van der Waals surface area contributed by atoms with Crippen LogP contribution < -0.4 is 0 Å². The number of carbonyl (C=O) groups is 1.